The minimum atomic E-state index is -0.372. The van der Waals surface area contributed by atoms with Crippen LogP contribution in [-0.4, -0.2) is 65.1 Å². The van der Waals surface area contributed by atoms with Gasteiger partial charge >= 0.3 is 0 Å². The smallest absolute Gasteiger partial charge is 0.276 e. The highest BCUT2D eigenvalue weighted by atomic mass is 32.1. The number of nitrogens with one attached hydrogen (secondary N) is 1. The molecule has 0 spiro atoms. The number of carbonyl (C=O) groups is 3. The van der Waals surface area contributed by atoms with E-state index < -0.39 is 0 Å². The van der Waals surface area contributed by atoms with Crippen LogP contribution in [0, 0.1) is 5.41 Å². The molecule has 0 aromatic carbocycles. The zero-order valence-corrected chi connectivity index (χ0v) is 25.4. The van der Waals surface area contributed by atoms with Gasteiger partial charge in [0.05, 0.1) is 23.5 Å². The van der Waals surface area contributed by atoms with Crippen molar-refractivity contribution >= 4 is 46.8 Å². The first kappa shape index (κ1) is 28.5. The summed E-state index contributed by atoms with van der Waals surface area (Å²) in [6, 6.07) is 3.26. The molecule has 0 atom stereocenters. The van der Waals surface area contributed by atoms with Crippen molar-refractivity contribution in [1.82, 2.24) is 19.8 Å². The summed E-state index contributed by atoms with van der Waals surface area (Å²) >= 11 is 1.57. The van der Waals surface area contributed by atoms with Crippen molar-refractivity contribution < 1.29 is 14.4 Å². The number of nitrogens with zero attached hydrogens (tertiary/aromatic N) is 5. The lowest BCUT2D eigenvalue weighted by Crippen LogP contribution is -2.44. The molecule has 0 bridgehead atoms. The number of amides is 2. The van der Waals surface area contributed by atoms with Crippen LogP contribution in [-0.2, 0) is 31.1 Å². The lowest BCUT2D eigenvalue weighted by Gasteiger charge is -2.28. The van der Waals surface area contributed by atoms with Gasteiger partial charge < -0.3 is 20.5 Å². The Balaban J connectivity index is 1.34. The van der Waals surface area contributed by atoms with Gasteiger partial charge in [0.1, 0.15) is 17.3 Å². The maximum Gasteiger partial charge on any atom is 0.276 e. The van der Waals surface area contributed by atoms with E-state index >= 15 is 0 Å². The number of hydrogen-bond acceptors (Lipinski definition) is 8. The molecule has 1 aliphatic carbocycles. The van der Waals surface area contributed by atoms with Crippen LogP contribution < -0.4 is 21.5 Å². The van der Waals surface area contributed by atoms with Gasteiger partial charge in [-0.05, 0) is 53.5 Å². The third kappa shape index (κ3) is 5.16. The average molecular weight is 600 g/mol. The van der Waals surface area contributed by atoms with Crippen molar-refractivity contribution in [1.29, 1.82) is 0 Å². The van der Waals surface area contributed by atoms with Crippen LogP contribution in [0.3, 0.4) is 0 Å². The van der Waals surface area contributed by atoms with Crippen molar-refractivity contribution in [3.05, 3.63) is 73.1 Å². The van der Waals surface area contributed by atoms with Crippen molar-refractivity contribution in [2.45, 2.75) is 33.1 Å². The van der Waals surface area contributed by atoms with Crippen LogP contribution in [0.5, 0.6) is 0 Å². The number of rotatable bonds is 5. The summed E-state index contributed by atoms with van der Waals surface area (Å²) < 4.78 is 1.38. The van der Waals surface area contributed by atoms with E-state index in [-0.39, 0.29) is 46.4 Å². The Hall–Kier alpha value is -4.58. The Morgan fingerprint density at radius 3 is 2.72 bits per heavy atom. The molecule has 0 unspecified atom stereocenters. The van der Waals surface area contributed by atoms with Crippen molar-refractivity contribution in [3.63, 3.8) is 0 Å². The number of aldehydes is 1. The molecule has 3 N–H and O–H groups in total. The number of likely N-dealkylation sites (N-methyl/N-ethyl adjacent to an activating group) is 1. The number of anilines is 1. The van der Waals surface area contributed by atoms with E-state index in [1.54, 1.807) is 65.8 Å². The zero-order chi connectivity index (χ0) is 30.6. The molecule has 11 nitrogen and oxygen atoms in total. The lowest BCUT2D eigenvalue weighted by molar-refractivity contribution is -0.129. The van der Waals surface area contributed by atoms with E-state index in [2.05, 4.69) is 29.1 Å². The number of hydrogen-bond donors (Lipinski definition) is 2. The Bertz CT molecular complexity index is 1820. The summed E-state index contributed by atoms with van der Waals surface area (Å²) in [5.41, 5.74) is 10.6. The number of aromatic nitrogens is 2. The van der Waals surface area contributed by atoms with Gasteiger partial charge in [-0.25, -0.2) is 9.98 Å². The highest BCUT2D eigenvalue weighted by molar-refractivity contribution is 7.14. The Morgan fingerprint density at radius 1 is 1.19 bits per heavy atom. The van der Waals surface area contributed by atoms with E-state index in [1.807, 2.05) is 0 Å². The van der Waals surface area contributed by atoms with E-state index in [0.29, 0.717) is 48.4 Å². The number of piperazine rings is 1. The van der Waals surface area contributed by atoms with Gasteiger partial charge in [0, 0.05) is 55.2 Å². The predicted molar refractivity (Wildman–Crippen MR) is 166 cm³/mol. The SMILES string of the molecule is CN1C/C(=C/C(N)=Nc2cc(-c3ccnc(N4CCc5c(sc6c5CC(C)(C)C6)C4=O)c3C=O)cn(C)c2=O)NCC1=O. The van der Waals surface area contributed by atoms with Crippen LogP contribution in [0.15, 0.2) is 46.1 Å². The monoisotopic (exact) mass is 599 g/mol. The minimum Gasteiger partial charge on any atom is -0.384 e. The minimum absolute atomic E-state index is 0.0354. The number of amidine groups is 1. The van der Waals surface area contributed by atoms with Gasteiger partial charge in [0.2, 0.25) is 5.91 Å². The lowest BCUT2D eigenvalue weighted by atomic mass is 9.89. The number of aryl methyl sites for hydroxylation is 1. The molecular weight excluding hydrogens is 566 g/mol. The van der Waals surface area contributed by atoms with Crippen LogP contribution in [0.25, 0.3) is 11.1 Å². The first-order chi connectivity index (χ1) is 20.5. The quantitative estimate of drug-likeness (QED) is 0.261. The van der Waals surface area contributed by atoms with Crippen LogP contribution >= 0.6 is 11.3 Å². The molecule has 1 fully saturated rings. The third-order valence-corrected chi connectivity index (χ3v) is 9.47. The fraction of sp³-hybridized carbons (Fsp3) is 0.355. The van der Waals surface area contributed by atoms with Gasteiger partial charge in [-0.15, -0.1) is 11.3 Å². The zero-order valence-electron chi connectivity index (χ0n) is 24.6. The fourth-order valence-electron chi connectivity index (χ4n) is 6.10. The summed E-state index contributed by atoms with van der Waals surface area (Å²) in [6.07, 6.45) is 8.13. The molecule has 2 aliphatic heterocycles. The number of pyridine rings is 2. The maximum atomic E-state index is 13.7. The molecule has 3 aliphatic rings. The molecule has 1 saturated heterocycles. The van der Waals surface area contributed by atoms with Crippen molar-refractivity contribution in [2.24, 2.45) is 23.2 Å². The van der Waals surface area contributed by atoms with Crippen molar-refractivity contribution in [2.75, 3.05) is 31.6 Å². The highest BCUT2D eigenvalue weighted by Gasteiger charge is 2.39. The predicted octanol–water partition coefficient (Wildman–Crippen LogP) is 2.58. The summed E-state index contributed by atoms with van der Waals surface area (Å²) in [5.74, 6) is 0.210. The number of nitrogens with two attached hydrogens (primary N) is 1. The fourth-order valence-corrected chi connectivity index (χ4v) is 7.67. The molecule has 3 aromatic heterocycles. The first-order valence-electron chi connectivity index (χ1n) is 14.1. The highest BCUT2D eigenvalue weighted by Crippen LogP contribution is 2.45. The van der Waals surface area contributed by atoms with Crippen molar-refractivity contribution in [3.8, 4) is 11.1 Å². The average Bonchev–Trinajstić information content (AvgIpc) is 3.45. The number of carbonyl (C=O) groups excluding carboxylic acids is 3. The van der Waals surface area contributed by atoms with Gasteiger partial charge in [0.15, 0.2) is 6.29 Å². The standard InChI is InChI=1S/C31H33N7O4S/c1-31(2)11-21-20-6-8-38(30(42)27(20)43-24(21)12-31)28-22(16-39)19(5-7-33-28)17-9-23(29(41)37(4)14-17)35-25(32)10-18-15-36(3)26(40)13-34-18/h5,7,9-10,14,16,34H,6,8,11-13,15H2,1-4H3,(H2,32,35)/b18-10-. The molecule has 12 heteroatoms. The molecule has 3 aromatic rings. The molecule has 43 heavy (non-hydrogen) atoms. The first-order valence-corrected chi connectivity index (χ1v) is 14.9. The third-order valence-electron chi connectivity index (χ3n) is 8.21. The molecule has 2 amide bonds. The number of thiophene rings is 1. The van der Waals surface area contributed by atoms with Crippen LogP contribution in [0.4, 0.5) is 11.5 Å². The van der Waals surface area contributed by atoms with Gasteiger partial charge in [0.25, 0.3) is 11.5 Å². The molecule has 5 heterocycles. The van der Waals surface area contributed by atoms with E-state index in [9.17, 15) is 19.2 Å². The largest absolute Gasteiger partial charge is 0.384 e. The number of fused-ring (bicyclic) bond motifs is 3. The summed E-state index contributed by atoms with van der Waals surface area (Å²) in [5, 5.41) is 3.00. The molecule has 6 rings (SSSR count). The molecule has 0 saturated carbocycles. The maximum absolute atomic E-state index is 13.7. The van der Waals surface area contributed by atoms with Gasteiger partial charge in [-0.3, -0.25) is 24.1 Å². The number of aliphatic imine (C=N–C) groups is 1. The van der Waals surface area contributed by atoms with Gasteiger partial charge in [-0.2, -0.15) is 0 Å². The van der Waals surface area contributed by atoms with Crippen LogP contribution in [0.1, 0.15) is 49.9 Å². The second-order valence-electron chi connectivity index (χ2n) is 12.1. The van der Waals surface area contributed by atoms with E-state index in [4.69, 9.17) is 5.73 Å². The normalized spacial score (nSPS) is 19.0. The van der Waals surface area contributed by atoms with Crippen LogP contribution in [0.2, 0.25) is 0 Å². The summed E-state index contributed by atoms with van der Waals surface area (Å²) in [7, 11) is 3.29. The second kappa shape index (κ2) is 10.6. The summed E-state index contributed by atoms with van der Waals surface area (Å²) in [6.45, 7) is 5.44. The Kier molecular flexibility index (Phi) is 7.04. The van der Waals surface area contributed by atoms with E-state index in [1.165, 1.54) is 15.0 Å². The molecule has 0 radical (unpaired) electrons. The molecule has 222 valence electrons. The molecular formula is C31H33N7O4S. The summed E-state index contributed by atoms with van der Waals surface area (Å²) in [4.78, 5) is 65.1. The Labute approximate surface area is 252 Å². The van der Waals surface area contributed by atoms with E-state index in [0.717, 1.165) is 23.3 Å². The Morgan fingerprint density at radius 2 is 1.98 bits per heavy atom. The second-order valence-corrected chi connectivity index (χ2v) is 13.2. The topological polar surface area (TPSA) is 143 Å². The van der Waals surface area contributed by atoms with Gasteiger partial charge in [-0.1, -0.05) is 13.8 Å².